The topological polar surface area (TPSA) is 81.3 Å². The SMILES string of the molecule is COC(=O)COc1ccc2oc(C)c(/C(C)=N\O)c2c1. The van der Waals surface area contributed by atoms with Crippen LogP contribution in [0.1, 0.15) is 18.2 Å². The summed E-state index contributed by atoms with van der Waals surface area (Å²) in [5.41, 5.74) is 1.82. The van der Waals surface area contributed by atoms with Gasteiger partial charge in [-0.1, -0.05) is 5.16 Å². The van der Waals surface area contributed by atoms with Crippen molar-refractivity contribution < 1.29 is 23.9 Å². The minimum absolute atomic E-state index is 0.165. The van der Waals surface area contributed by atoms with E-state index >= 15 is 0 Å². The van der Waals surface area contributed by atoms with Crippen LogP contribution in [0.2, 0.25) is 0 Å². The summed E-state index contributed by atoms with van der Waals surface area (Å²) in [6, 6.07) is 5.17. The first kappa shape index (κ1) is 13.9. The van der Waals surface area contributed by atoms with Crippen LogP contribution in [0, 0.1) is 6.92 Å². The average molecular weight is 277 g/mol. The molecule has 20 heavy (non-hydrogen) atoms. The van der Waals surface area contributed by atoms with Gasteiger partial charge in [-0.25, -0.2) is 4.79 Å². The molecule has 0 atom stereocenters. The molecule has 0 aliphatic carbocycles. The standard InChI is InChI=1S/C14H15NO5/c1-8(15-17)14-9(2)20-12-5-4-10(6-11(12)14)19-7-13(16)18-3/h4-6,17H,7H2,1-3H3/b15-8-. The van der Waals surface area contributed by atoms with Gasteiger partial charge in [0, 0.05) is 10.9 Å². The zero-order chi connectivity index (χ0) is 14.7. The van der Waals surface area contributed by atoms with Crippen LogP contribution in [0.4, 0.5) is 0 Å². The smallest absolute Gasteiger partial charge is 0.343 e. The molecule has 0 spiro atoms. The molecule has 0 unspecified atom stereocenters. The minimum Gasteiger partial charge on any atom is -0.482 e. The van der Waals surface area contributed by atoms with Crippen LogP contribution in [-0.4, -0.2) is 30.6 Å². The van der Waals surface area contributed by atoms with Crippen LogP contribution < -0.4 is 4.74 Å². The fraction of sp³-hybridized carbons (Fsp3) is 0.286. The molecule has 0 fully saturated rings. The van der Waals surface area contributed by atoms with Crippen LogP contribution >= 0.6 is 0 Å². The summed E-state index contributed by atoms with van der Waals surface area (Å²) in [5.74, 6) is 0.706. The number of ether oxygens (including phenoxy) is 2. The highest BCUT2D eigenvalue weighted by molar-refractivity contribution is 6.10. The lowest BCUT2D eigenvalue weighted by molar-refractivity contribution is -0.142. The van der Waals surface area contributed by atoms with Crippen LogP contribution in [0.5, 0.6) is 5.75 Å². The zero-order valence-electron chi connectivity index (χ0n) is 11.5. The van der Waals surface area contributed by atoms with Crippen molar-refractivity contribution in [3.63, 3.8) is 0 Å². The van der Waals surface area contributed by atoms with E-state index < -0.39 is 5.97 Å². The van der Waals surface area contributed by atoms with E-state index in [-0.39, 0.29) is 6.61 Å². The lowest BCUT2D eigenvalue weighted by Crippen LogP contribution is -2.12. The average Bonchev–Trinajstić information content (AvgIpc) is 2.79. The van der Waals surface area contributed by atoms with Gasteiger partial charge in [0.1, 0.15) is 17.1 Å². The van der Waals surface area contributed by atoms with E-state index in [4.69, 9.17) is 14.4 Å². The molecule has 0 aliphatic rings. The Hall–Kier alpha value is -2.50. The third-order valence-electron chi connectivity index (χ3n) is 2.93. The molecule has 0 saturated heterocycles. The van der Waals surface area contributed by atoms with Gasteiger partial charge in [-0.3, -0.25) is 0 Å². The molecule has 2 aromatic rings. The summed E-state index contributed by atoms with van der Waals surface area (Å²) in [5, 5.41) is 12.9. The molecule has 106 valence electrons. The predicted molar refractivity (Wildman–Crippen MR) is 72.5 cm³/mol. The van der Waals surface area contributed by atoms with Crippen molar-refractivity contribution in [1.82, 2.24) is 0 Å². The number of carbonyl (C=O) groups excluding carboxylic acids is 1. The molecule has 0 aliphatic heterocycles. The van der Waals surface area contributed by atoms with Gasteiger partial charge in [0.15, 0.2) is 6.61 Å². The van der Waals surface area contributed by atoms with E-state index in [9.17, 15) is 4.79 Å². The van der Waals surface area contributed by atoms with Crippen LogP contribution in [0.15, 0.2) is 27.8 Å². The van der Waals surface area contributed by atoms with E-state index in [1.165, 1.54) is 7.11 Å². The summed E-state index contributed by atoms with van der Waals surface area (Å²) < 4.78 is 15.4. The Balaban J connectivity index is 2.39. The molecule has 1 aromatic heterocycles. The monoisotopic (exact) mass is 277 g/mol. The maximum absolute atomic E-state index is 11.1. The van der Waals surface area contributed by atoms with Crippen LogP contribution in [-0.2, 0) is 9.53 Å². The summed E-state index contributed by atoms with van der Waals surface area (Å²) >= 11 is 0. The first-order valence-electron chi connectivity index (χ1n) is 5.98. The molecular formula is C14H15NO5. The van der Waals surface area contributed by atoms with E-state index in [1.807, 2.05) is 0 Å². The maximum atomic E-state index is 11.1. The van der Waals surface area contributed by atoms with Crippen LogP contribution in [0.25, 0.3) is 11.0 Å². The molecule has 0 saturated carbocycles. The number of hydrogen-bond donors (Lipinski definition) is 1. The maximum Gasteiger partial charge on any atom is 0.343 e. The fourth-order valence-corrected chi connectivity index (χ4v) is 1.99. The molecule has 1 aromatic carbocycles. The number of oxime groups is 1. The minimum atomic E-state index is -0.457. The summed E-state index contributed by atoms with van der Waals surface area (Å²) in [6.45, 7) is 3.31. The second-order valence-electron chi connectivity index (χ2n) is 4.24. The van der Waals surface area contributed by atoms with Gasteiger partial charge >= 0.3 is 5.97 Å². The normalized spacial score (nSPS) is 11.7. The van der Waals surface area contributed by atoms with Crippen molar-refractivity contribution in [1.29, 1.82) is 0 Å². The molecule has 2 rings (SSSR count). The van der Waals surface area contributed by atoms with Crippen molar-refractivity contribution in [3.05, 3.63) is 29.5 Å². The Morgan fingerprint density at radius 2 is 2.20 bits per heavy atom. The van der Waals surface area contributed by atoms with E-state index in [1.54, 1.807) is 32.0 Å². The second-order valence-corrected chi connectivity index (χ2v) is 4.24. The number of benzene rings is 1. The van der Waals surface area contributed by atoms with Gasteiger partial charge in [-0.05, 0) is 32.0 Å². The van der Waals surface area contributed by atoms with Crippen molar-refractivity contribution in [2.45, 2.75) is 13.8 Å². The van der Waals surface area contributed by atoms with Crippen molar-refractivity contribution in [2.24, 2.45) is 5.16 Å². The Morgan fingerprint density at radius 1 is 1.45 bits per heavy atom. The predicted octanol–water partition coefficient (Wildman–Crippen LogP) is 2.49. The van der Waals surface area contributed by atoms with Gasteiger partial charge in [-0.15, -0.1) is 0 Å². The highest BCUT2D eigenvalue weighted by Gasteiger charge is 2.15. The number of furan rings is 1. The van der Waals surface area contributed by atoms with Crippen LogP contribution in [0.3, 0.4) is 0 Å². The van der Waals surface area contributed by atoms with E-state index in [2.05, 4.69) is 9.89 Å². The lowest BCUT2D eigenvalue weighted by atomic mass is 10.1. The lowest BCUT2D eigenvalue weighted by Gasteiger charge is -2.04. The zero-order valence-corrected chi connectivity index (χ0v) is 11.5. The van der Waals surface area contributed by atoms with Gasteiger partial charge in [0.2, 0.25) is 0 Å². The Morgan fingerprint density at radius 3 is 2.85 bits per heavy atom. The van der Waals surface area contributed by atoms with Crippen molar-refractivity contribution in [3.8, 4) is 5.75 Å². The molecule has 0 bridgehead atoms. The number of esters is 1. The van der Waals surface area contributed by atoms with Gasteiger partial charge < -0.3 is 19.1 Å². The first-order valence-corrected chi connectivity index (χ1v) is 5.98. The molecule has 0 amide bonds. The number of carbonyl (C=O) groups is 1. The number of fused-ring (bicyclic) bond motifs is 1. The first-order chi connectivity index (χ1) is 9.56. The van der Waals surface area contributed by atoms with E-state index in [0.29, 0.717) is 28.4 Å². The summed E-state index contributed by atoms with van der Waals surface area (Å²) in [6.07, 6.45) is 0. The van der Waals surface area contributed by atoms with Crippen molar-refractivity contribution in [2.75, 3.05) is 13.7 Å². The highest BCUT2D eigenvalue weighted by atomic mass is 16.6. The Labute approximate surface area is 115 Å². The Kier molecular flexibility index (Phi) is 3.93. The number of aryl methyl sites for hydroxylation is 1. The molecule has 0 radical (unpaired) electrons. The summed E-state index contributed by atoms with van der Waals surface area (Å²) in [7, 11) is 1.30. The molecule has 1 heterocycles. The van der Waals surface area contributed by atoms with Crippen molar-refractivity contribution >= 4 is 22.7 Å². The molecule has 1 N–H and O–H groups in total. The largest absolute Gasteiger partial charge is 0.482 e. The second kappa shape index (κ2) is 5.64. The number of hydrogen-bond acceptors (Lipinski definition) is 6. The van der Waals surface area contributed by atoms with Gasteiger partial charge in [-0.2, -0.15) is 0 Å². The Bertz CT molecular complexity index is 671. The third kappa shape index (κ3) is 2.59. The summed E-state index contributed by atoms with van der Waals surface area (Å²) in [4.78, 5) is 11.1. The quantitative estimate of drug-likeness (QED) is 0.402. The van der Waals surface area contributed by atoms with Gasteiger partial charge in [0.05, 0.1) is 12.8 Å². The van der Waals surface area contributed by atoms with E-state index in [0.717, 1.165) is 5.39 Å². The molecule has 6 nitrogen and oxygen atoms in total. The third-order valence-corrected chi connectivity index (χ3v) is 2.93. The number of methoxy groups -OCH3 is 1. The number of rotatable bonds is 4. The fourth-order valence-electron chi connectivity index (χ4n) is 1.99. The molecular weight excluding hydrogens is 262 g/mol. The molecule has 6 heteroatoms. The van der Waals surface area contributed by atoms with Gasteiger partial charge in [0.25, 0.3) is 0 Å². The highest BCUT2D eigenvalue weighted by Crippen LogP contribution is 2.29. The number of nitrogens with zero attached hydrogens (tertiary/aromatic N) is 1.